The summed E-state index contributed by atoms with van der Waals surface area (Å²) in [5.41, 5.74) is 1.84. The number of nitrogens with one attached hydrogen (secondary N) is 1. The Hall–Kier alpha value is -2.57. The van der Waals surface area contributed by atoms with Crippen molar-refractivity contribution < 1.29 is 18.0 Å². The van der Waals surface area contributed by atoms with E-state index in [2.05, 4.69) is 10.3 Å². The van der Waals surface area contributed by atoms with Gasteiger partial charge in [0.2, 0.25) is 0 Å². The second-order valence-corrected chi connectivity index (χ2v) is 6.97. The molecule has 7 heteroatoms. The van der Waals surface area contributed by atoms with Crippen LogP contribution in [0.5, 0.6) is 0 Å². The fourth-order valence-electron chi connectivity index (χ4n) is 3.59. The number of rotatable bonds is 2. The third-order valence-electron chi connectivity index (χ3n) is 5.04. The Morgan fingerprint density at radius 2 is 1.93 bits per heavy atom. The first-order valence-electron chi connectivity index (χ1n) is 8.92. The Balaban J connectivity index is 1.62. The lowest BCUT2D eigenvalue weighted by Crippen LogP contribution is -2.46. The largest absolute Gasteiger partial charge is 0.416 e. The van der Waals surface area contributed by atoms with Crippen LogP contribution in [0.3, 0.4) is 0 Å². The van der Waals surface area contributed by atoms with Gasteiger partial charge in [-0.1, -0.05) is 6.07 Å². The molecule has 1 aromatic heterocycles. The van der Waals surface area contributed by atoms with Gasteiger partial charge in [0, 0.05) is 36.1 Å². The van der Waals surface area contributed by atoms with Crippen LogP contribution in [0, 0.1) is 6.92 Å². The normalized spacial score (nSPS) is 20.4. The molecule has 0 radical (unpaired) electrons. The lowest BCUT2D eigenvalue weighted by atomic mass is 9.87. The molecule has 0 aliphatic carbocycles. The SMILES string of the molecule is Cc1cccnc1C1CCN(C(=O)Nc2ccc(C(F)(F)F)cc2)C(C)C1. The van der Waals surface area contributed by atoms with Crippen LogP contribution in [0.15, 0.2) is 42.6 Å². The monoisotopic (exact) mass is 377 g/mol. The van der Waals surface area contributed by atoms with Crippen LogP contribution in [0.1, 0.15) is 42.5 Å². The molecule has 2 unspecified atom stereocenters. The highest BCUT2D eigenvalue weighted by Gasteiger charge is 2.32. The van der Waals surface area contributed by atoms with Crippen LogP contribution in [-0.2, 0) is 6.18 Å². The number of piperidine rings is 1. The third kappa shape index (κ3) is 4.40. The van der Waals surface area contributed by atoms with Gasteiger partial charge in [0.25, 0.3) is 0 Å². The Morgan fingerprint density at radius 1 is 1.22 bits per heavy atom. The van der Waals surface area contributed by atoms with Crippen molar-refractivity contribution in [3.8, 4) is 0 Å². The number of carbonyl (C=O) groups is 1. The number of aryl methyl sites for hydroxylation is 1. The minimum Gasteiger partial charge on any atom is -0.322 e. The quantitative estimate of drug-likeness (QED) is 0.781. The standard InChI is InChI=1S/C20H22F3N3O/c1-13-4-3-10-24-18(13)15-9-11-26(14(2)12-15)19(27)25-17-7-5-16(6-8-17)20(21,22)23/h3-8,10,14-15H,9,11-12H2,1-2H3,(H,25,27). The van der Waals surface area contributed by atoms with E-state index in [1.165, 1.54) is 12.1 Å². The average molecular weight is 377 g/mol. The smallest absolute Gasteiger partial charge is 0.322 e. The summed E-state index contributed by atoms with van der Waals surface area (Å²) in [7, 11) is 0. The maximum absolute atomic E-state index is 12.6. The lowest BCUT2D eigenvalue weighted by Gasteiger charge is -2.37. The molecule has 4 nitrogen and oxygen atoms in total. The summed E-state index contributed by atoms with van der Waals surface area (Å²) >= 11 is 0. The summed E-state index contributed by atoms with van der Waals surface area (Å²) in [6, 6.07) is 8.15. The molecule has 2 atom stereocenters. The molecule has 1 N–H and O–H groups in total. The molecule has 27 heavy (non-hydrogen) atoms. The number of anilines is 1. The van der Waals surface area contributed by atoms with E-state index in [0.717, 1.165) is 36.2 Å². The number of hydrogen-bond donors (Lipinski definition) is 1. The highest BCUT2D eigenvalue weighted by Crippen LogP contribution is 2.33. The zero-order chi connectivity index (χ0) is 19.6. The average Bonchev–Trinajstić information content (AvgIpc) is 2.61. The molecule has 2 aromatic rings. The highest BCUT2D eigenvalue weighted by atomic mass is 19.4. The summed E-state index contributed by atoms with van der Waals surface area (Å²) in [5.74, 6) is 0.302. The van der Waals surface area contributed by atoms with Crippen LogP contribution in [0.2, 0.25) is 0 Å². The molecule has 2 heterocycles. The Kier molecular flexibility index (Phi) is 5.39. The van der Waals surface area contributed by atoms with Gasteiger partial charge in [-0.3, -0.25) is 4.98 Å². The van der Waals surface area contributed by atoms with Crippen molar-refractivity contribution in [3.63, 3.8) is 0 Å². The number of likely N-dealkylation sites (tertiary alicyclic amines) is 1. The van der Waals surface area contributed by atoms with Gasteiger partial charge in [-0.15, -0.1) is 0 Å². The van der Waals surface area contributed by atoms with Crippen molar-refractivity contribution in [2.45, 2.75) is 44.8 Å². The van der Waals surface area contributed by atoms with Crippen molar-refractivity contribution in [1.29, 1.82) is 0 Å². The summed E-state index contributed by atoms with van der Waals surface area (Å²) in [6.07, 6.45) is -0.986. The summed E-state index contributed by atoms with van der Waals surface area (Å²) in [6.45, 7) is 4.60. The number of carbonyl (C=O) groups excluding carboxylic acids is 1. The first-order valence-corrected chi connectivity index (χ1v) is 8.92. The fraction of sp³-hybridized carbons (Fsp3) is 0.400. The van der Waals surface area contributed by atoms with Crippen LogP contribution < -0.4 is 5.32 Å². The van der Waals surface area contributed by atoms with Gasteiger partial charge in [-0.25, -0.2) is 4.79 Å². The predicted molar refractivity (Wildman–Crippen MR) is 97.6 cm³/mol. The summed E-state index contributed by atoms with van der Waals surface area (Å²) < 4.78 is 37.9. The van der Waals surface area contributed by atoms with Crippen molar-refractivity contribution >= 4 is 11.7 Å². The van der Waals surface area contributed by atoms with E-state index in [1.54, 1.807) is 11.1 Å². The Bertz CT molecular complexity index is 805. The second kappa shape index (κ2) is 7.58. The minimum absolute atomic E-state index is 0.0135. The first kappa shape index (κ1) is 19.2. The van der Waals surface area contributed by atoms with Crippen LogP contribution in [0.25, 0.3) is 0 Å². The van der Waals surface area contributed by atoms with Crippen molar-refractivity contribution in [1.82, 2.24) is 9.88 Å². The molecule has 1 saturated heterocycles. The zero-order valence-electron chi connectivity index (χ0n) is 15.3. The second-order valence-electron chi connectivity index (χ2n) is 6.97. The van der Waals surface area contributed by atoms with E-state index in [0.29, 0.717) is 18.2 Å². The number of amides is 2. The van der Waals surface area contributed by atoms with E-state index in [1.807, 2.05) is 26.0 Å². The van der Waals surface area contributed by atoms with E-state index < -0.39 is 11.7 Å². The molecular weight excluding hydrogens is 355 g/mol. The molecule has 1 aliphatic heterocycles. The van der Waals surface area contributed by atoms with Crippen molar-refractivity contribution in [3.05, 3.63) is 59.4 Å². The molecule has 1 aliphatic rings. The van der Waals surface area contributed by atoms with Gasteiger partial charge < -0.3 is 10.2 Å². The summed E-state index contributed by atoms with van der Waals surface area (Å²) in [5, 5.41) is 2.69. The number of halogens is 3. The number of aromatic nitrogens is 1. The molecule has 1 aromatic carbocycles. The molecular formula is C20H22F3N3O. The van der Waals surface area contributed by atoms with Gasteiger partial charge >= 0.3 is 12.2 Å². The van der Waals surface area contributed by atoms with E-state index in [4.69, 9.17) is 0 Å². The summed E-state index contributed by atoms with van der Waals surface area (Å²) in [4.78, 5) is 18.8. The maximum Gasteiger partial charge on any atom is 0.416 e. The number of urea groups is 1. The molecule has 0 saturated carbocycles. The molecule has 0 bridgehead atoms. The Morgan fingerprint density at radius 3 is 2.52 bits per heavy atom. The molecule has 0 spiro atoms. The minimum atomic E-state index is -4.39. The van der Waals surface area contributed by atoms with Crippen molar-refractivity contribution in [2.75, 3.05) is 11.9 Å². The predicted octanol–water partition coefficient (Wildman–Crippen LogP) is 5.21. The molecule has 144 valence electrons. The number of benzene rings is 1. The lowest BCUT2D eigenvalue weighted by molar-refractivity contribution is -0.137. The Labute approximate surface area is 156 Å². The number of pyridine rings is 1. The van der Waals surface area contributed by atoms with Crippen LogP contribution >= 0.6 is 0 Å². The van der Waals surface area contributed by atoms with Gasteiger partial charge in [0.1, 0.15) is 0 Å². The van der Waals surface area contributed by atoms with Crippen LogP contribution in [-0.4, -0.2) is 28.5 Å². The molecule has 3 rings (SSSR count). The fourth-order valence-corrected chi connectivity index (χ4v) is 3.59. The number of hydrogen-bond acceptors (Lipinski definition) is 2. The first-order chi connectivity index (χ1) is 12.8. The number of alkyl halides is 3. The number of nitrogens with zero attached hydrogens (tertiary/aromatic N) is 2. The maximum atomic E-state index is 12.6. The van der Waals surface area contributed by atoms with E-state index >= 15 is 0 Å². The highest BCUT2D eigenvalue weighted by molar-refractivity contribution is 5.89. The third-order valence-corrected chi connectivity index (χ3v) is 5.04. The van der Waals surface area contributed by atoms with Gasteiger partial charge in [0.05, 0.1) is 5.56 Å². The molecule has 1 fully saturated rings. The van der Waals surface area contributed by atoms with Gasteiger partial charge in [-0.2, -0.15) is 13.2 Å². The van der Waals surface area contributed by atoms with Crippen LogP contribution in [0.4, 0.5) is 23.7 Å². The van der Waals surface area contributed by atoms with Crippen molar-refractivity contribution in [2.24, 2.45) is 0 Å². The zero-order valence-corrected chi connectivity index (χ0v) is 15.3. The topological polar surface area (TPSA) is 45.2 Å². The molecule has 2 amide bonds. The van der Waals surface area contributed by atoms with Gasteiger partial charge in [-0.05, 0) is 62.6 Å². The van der Waals surface area contributed by atoms with E-state index in [-0.39, 0.29) is 12.1 Å². The van der Waals surface area contributed by atoms with Gasteiger partial charge in [0.15, 0.2) is 0 Å². The van der Waals surface area contributed by atoms with E-state index in [9.17, 15) is 18.0 Å².